The van der Waals surface area contributed by atoms with Crippen molar-refractivity contribution in [1.29, 1.82) is 0 Å². The van der Waals surface area contributed by atoms with E-state index in [4.69, 9.17) is 4.84 Å². The Bertz CT molecular complexity index is 334. The zero-order valence-electron chi connectivity index (χ0n) is 8.99. The summed E-state index contributed by atoms with van der Waals surface area (Å²) in [5.74, 6) is 0. The van der Waals surface area contributed by atoms with E-state index >= 15 is 0 Å². The molecule has 0 radical (unpaired) electrons. The van der Waals surface area contributed by atoms with E-state index in [-0.39, 0.29) is 12.0 Å². The molecule has 0 saturated heterocycles. The van der Waals surface area contributed by atoms with Crippen molar-refractivity contribution < 1.29 is 9.94 Å². The Morgan fingerprint density at radius 3 is 2.73 bits per heavy atom. The van der Waals surface area contributed by atoms with Crippen LogP contribution in [0.4, 0.5) is 0 Å². The summed E-state index contributed by atoms with van der Waals surface area (Å²) < 4.78 is 0. The number of aliphatic hydroxyl groups is 1. The summed E-state index contributed by atoms with van der Waals surface area (Å²) in [5, 5.41) is 9.41. The molecule has 2 rings (SSSR count). The number of hydrogen-bond acceptors (Lipinski definition) is 3. The summed E-state index contributed by atoms with van der Waals surface area (Å²) in [6.45, 7) is 0.936. The highest BCUT2D eigenvalue weighted by Crippen LogP contribution is 2.48. The molecule has 1 aromatic carbocycles. The van der Waals surface area contributed by atoms with Gasteiger partial charge >= 0.3 is 0 Å². The molecule has 0 spiro atoms. The Labute approximate surface area is 90.0 Å². The van der Waals surface area contributed by atoms with Crippen molar-refractivity contribution in [3.8, 4) is 0 Å². The maximum absolute atomic E-state index is 9.41. The summed E-state index contributed by atoms with van der Waals surface area (Å²) >= 11 is 0. The van der Waals surface area contributed by atoms with Gasteiger partial charge in [0.05, 0.1) is 13.7 Å². The number of benzene rings is 1. The third-order valence-corrected chi connectivity index (χ3v) is 3.15. The molecule has 1 saturated carbocycles. The maximum atomic E-state index is 9.41. The number of hydrogen-bond donors (Lipinski definition) is 2. The van der Waals surface area contributed by atoms with E-state index in [0.717, 1.165) is 12.8 Å². The van der Waals surface area contributed by atoms with E-state index in [0.29, 0.717) is 6.54 Å². The lowest BCUT2D eigenvalue weighted by atomic mass is 9.92. The van der Waals surface area contributed by atoms with Crippen molar-refractivity contribution in [2.75, 3.05) is 13.7 Å². The molecule has 2 N–H and O–H groups in total. The van der Waals surface area contributed by atoms with Crippen molar-refractivity contribution in [1.82, 2.24) is 5.48 Å². The highest BCUT2D eigenvalue weighted by atomic mass is 16.6. The number of rotatable bonds is 5. The second-order valence-corrected chi connectivity index (χ2v) is 4.12. The second kappa shape index (κ2) is 4.31. The molecule has 0 heterocycles. The van der Waals surface area contributed by atoms with Crippen LogP contribution in [0.15, 0.2) is 24.3 Å². The SMILES string of the molecule is CONCc1ccccc1C1(CO)CC1. The largest absolute Gasteiger partial charge is 0.395 e. The Morgan fingerprint density at radius 2 is 2.13 bits per heavy atom. The fourth-order valence-electron chi connectivity index (χ4n) is 2.01. The van der Waals surface area contributed by atoms with Crippen LogP contribution in [0.1, 0.15) is 24.0 Å². The molecule has 1 aliphatic rings. The quantitative estimate of drug-likeness (QED) is 0.716. The van der Waals surface area contributed by atoms with E-state index in [1.807, 2.05) is 12.1 Å². The lowest BCUT2D eigenvalue weighted by molar-refractivity contribution is 0.0863. The third kappa shape index (κ3) is 2.04. The van der Waals surface area contributed by atoms with Gasteiger partial charge in [-0.3, -0.25) is 0 Å². The first-order valence-corrected chi connectivity index (χ1v) is 5.27. The molecule has 82 valence electrons. The van der Waals surface area contributed by atoms with E-state index in [2.05, 4.69) is 17.6 Å². The van der Waals surface area contributed by atoms with Crippen molar-refractivity contribution >= 4 is 0 Å². The van der Waals surface area contributed by atoms with Gasteiger partial charge in [-0.1, -0.05) is 24.3 Å². The van der Waals surface area contributed by atoms with Crippen LogP contribution in [-0.4, -0.2) is 18.8 Å². The fourth-order valence-corrected chi connectivity index (χ4v) is 2.01. The molecule has 3 nitrogen and oxygen atoms in total. The first kappa shape index (κ1) is 10.6. The lowest BCUT2D eigenvalue weighted by Gasteiger charge is -2.17. The minimum atomic E-state index is 0.0337. The molecule has 15 heavy (non-hydrogen) atoms. The van der Waals surface area contributed by atoms with Crippen LogP contribution in [0.3, 0.4) is 0 Å². The van der Waals surface area contributed by atoms with E-state index in [1.165, 1.54) is 11.1 Å². The molecule has 1 aromatic rings. The van der Waals surface area contributed by atoms with Gasteiger partial charge in [0, 0.05) is 12.0 Å². The number of hydroxylamine groups is 1. The fraction of sp³-hybridized carbons (Fsp3) is 0.500. The average molecular weight is 207 g/mol. The molecule has 0 unspecified atom stereocenters. The summed E-state index contributed by atoms with van der Waals surface area (Å²) in [5.41, 5.74) is 5.36. The number of aliphatic hydroxyl groups excluding tert-OH is 1. The van der Waals surface area contributed by atoms with Crippen LogP contribution in [-0.2, 0) is 16.8 Å². The highest BCUT2D eigenvalue weighted by Gasteiger charge is 2.44. The minimum Gasteiger partial charge on any atom is -0.395 e. The Hall–Kier alpha value is -0.900. The van der Waals surface area contributed by atoms with Gasteiger partial charge in [-0.15, -0.1) is 0 Å². The van der Waals surface area contributed by atoms with Gasteiger partial charge in [0.2, 0.25) is 0 Å². The standard InChI is InChI=1S/C12H17NO2/c1-15-13-8-10-4-2-3-5-11(10)12(9-14)6-7-12/h2-5,13-14H,6-9H2,1H3. The zero-order chi connectivity index (χ0) is 10.7. The maximum Gasteiger partial charge on any atom is 0.0572 e. The lowest BCUT2D eigenvalue weighted by Crippen LogP contribution is -2.18. The molecule has 1 aliphatic carbocycles. The van der Waals surface area contributed by atoms with Gasteiger partial charge in [-0.05, 0) is 24.0 Å². The molecule has 0 aromatic heterocycles. The van der Waals surface area contributed by atoms with E-state index < -0.39 is 0 Å². The van der Waals surface area contributed by atoms with Crippen molar-refractivity contribution in [2.24, 2.45) is 0 Å². The van der Waals surface area contributed by atoms with E-state index in [9.17, 15) is 5.11 Å². The van der Waals surface area contributed by atoms with Crippen LogP contribution >= 0.6 is 0 Å². The van der Waals surface area contributed by atoms with Crippen molar-refractivity contribution in [2.45, 2.75) is 24.8 Å². The zero-order valence-corrected chi connectivity index (χ0v) is 8.99. The summed E-state index contributed by atoms with van der Waals surface area (Å²) in [7, 11) is 1.61. The van der Waals surface area contributed by atoms with Crippen molar-refractivity contribution in [3.63, 3.8) is 0 Å². The minimum absolute atomic E-state index is 0.0337. The average Bonchev–Trinajstić information content (AvgIpc) is 3.08. The molecule has 0 atom stereocenters. The van der Waals surface area contributed by atoms with Crippen LogP contribution in [0, 0.1) is 0 Å². The Morgan fingerprint density at radius 1 is 1.40 bits per heavy atom. The Balaban J connectivity index is 2.22. The summed E-state index contributed by atoms with van der Waals surface area (Å²) in [6.07, 6.45) is 2.18. The molecular formula is C12H17NO2. The van der Waals surface area contributed by atoms with Gasteiger partial charge < -0.3 is 9.94 Å². The van der Waals surface area contributed by atoms with Crippen molar-refractivity contribution in [3.05, 3.63) is 35.4 Å². The predicted octanol–water partition coefficient (Wildman–Crippen LogP) is 1.36. The monoisotopic (exact) mass is 207 g/mol. The molecule has 1 fully saturated rings. The van der Waals surface area contributed by atoms with Crippen LogP contribution in [0.5, 0.6) is 0 Å². The molecular weight excluding hydrogens is 190 g/mol. The smallest absolute Gasteiger partial charge is 0.0572 e. The molecule has 3 heteroatoms. The van der Waals surface area contributed by atoms with Gasteiger partial charge in [0.1, 0.15) is 0 Å². The predicted molar refractivity (Wildman–Crippen MR) is 58.3 cm³/mol. The second-order valence-electron chi connectivity index (χ2n) is 4.12. The third-order valence-electron chi connectivity index (χ3n) is 3.15. The highest BCUT2D eigenvalue weighted by molar-refractivity contribution is 5.38. The van der Waals surface area contributed by atoms with Crippen LogP contribution in [0.25, 0.3) is 0 Å². The first-order chi connectivity index (χ1) is 7.32. The van der Waals surface area contributed by atoms with E-state index in [1.54, 1.807) is 7.11 Å². The summed E-state index contributed by atoms with van der Waals surface area (Å²) in [6, 6.07) is 8.23. The topological polar surface area (TPSA) is 41.5 Å². The van der Waals surface area contributed by atoms with Gasteiger partial charge in [0.15, 0.2) is 0 Å². The van der Waals surface area contributed by atoms with Crippen LogP contribution in [0.2, 0.25) is 0 Å². The van der Waals surface area contributed by atoms with Gasteiger partial charge in [-0.25, -0.2) is 0 Å². The molecule has 0 amide bonds. The number of nitrogens with one attached hydrogen (secondary N) is 1. The molecule has 0 aliphatic heterocycles. The normalized spacial score (nSPS) is 17.7. The first-order valence-electron chi connectivity index (χ1n) is 5.27. The van der Waals surface area contributed by atoms with Crippen LogP contribution < -0.4 is 5.48 Å². The summed E-state index contributed by atoms with van der Waals surface area (Å²) in [4.78, 5) is 4.85. The Kier molecular flexibility index (Phi) is 3.05. The van der Waals surface area contributed by atoms with Gasteiger partial charge in [0.25, 0.3) is 0 Å². The molecule has 0 bridgehead atoms. The van der Waals surface area contributed by atoms with Gasteiger partial charge in [-0.2, -0.15) is 5.48 Å².